The van der Waals surface area contributed by atoms with Crippen molar-refractivity contribution in [2.75, 3.05) is 6.61 Å². The van der Waals surface area contributed by atoms with E-state index < -0.39 is 11.4 Å². The number of hydrogen-bond acceptors (Lipinski definition) is 5. The smallest absolute Gasteiger partial charge is 0.302 e. The lowest BCUT2D eigenvalue weighted by atomic mass is 9.44. The number of ether oxygens (including phenoxy) is 3. The van der Waals surface area contributed by atoms with Gasteiger partial charge in [-0.05, 0) is 105 Å². The fourth-order valence-corrected chi connectivity index (χ4v) is 10.6. The number of esters is 1. The molecule has 2 saturated heterocycles. The van der Waals surface area contributed by atoms with Gasteiger partial charge in [0.15, 0.2) is 5.79 Å². The van der Waals surface area contributed by atoms with Gasteiger partial charge in [0, 0.05) is 19.3 Å². The number of aliphatic hydroxyl groups is 1. The molecule has 6 rings (SSSR count). The lowest BCUT2D eigenvalue weighted by molar-refractivity contribution is -0.294. The van der Waals surface area contributed by atoms with Gasteiger partial charge < -0.3 is 19.3 Å². The maximum Gasteiger partial charge on any atom is 0.302 e. The highest BCUT2D eigenvalue weighted by molar-refractivity contribution is 5.66. The molecule has 0 radical (unpaired) electrons. The van der Waals surface area contributed by atoms with E-state index in [1.807, 2.05) is 6.92 Å². The fraction of sp³-hybridized carbons (Fsp3) is 0.966. The van der Waals surface area contributed by atoms with Gasteiger partial charge in [-0.3, -0.25) is 4.79 Å². The van der Waals surface area contributed by atoms with Crippen LogP contribution >= 0.6 is 0 Å². The summed E-state index contributed by atoms with van der Waals surface area (Å²) in [5, 5.41) is 10.4. The molecule has 0 unspecified atom stereocenters. The van der Waals surface area contributed by atoms with Gasteiger partial charge in [0.25, 0.3) is 0 Å². The van der Waals surface area contributed by atoms with Crippen LogP contribution in [-0.2, 0) is 19.0 Å². The van der Waals surface area contributed by atoms with Crippen LogP contribution in [0.1, 0.15) is 98.8 Å². The molecule has 2 aliphatic heterocycles. The van der Waals surface area contributed by atoms with Crippen molar-refractivity contribution in [2.24, 2.45) is 46.3 Å². The zero-order valence-electron chi connectivity index (χ0n) is 22.0. The summed E-state index contributed by atoms with van der Waals surface area (Å²) in [6.45, 7) is 11.4. The number of rotatable bonds is 1. The van der Waals surface area contributed by atoms with Gasteiger partial charge >= 0.3 is 5.97 Å². The summed E-state index contributed by atoms with van der Waals surface area (Å²) in [7, 11) is 0. The first-order valence-electron chi connectivity index (χ1n) is 14.2. The molecule has 2 heterocycles. The van der Waals surface area contributed by atoms with Crippen LogP contribution in [0.4, 0.5) is 0 Å². The van der Waals surface area contributed by atoms with E-state index >= 15 is 0 Å². The Hall–Kier alpha value is -0.650. The molecule has 192 valence electrons. The van der Waals surface area contributed by atoms with Gasteiger partial charge in [0.2, 0.25) is 0 Å². The minimum Gasteiger partial charge on any atom is -0.463 e. The van der Waals surface area contributed by atoms with Gasteiger partial charge in [0.1, 0.15) is 6.10 Å². The number of fused-ring (bicyclic) bond motifs is 7. The van der Waals surface area contributed by atoms with E-state index in [0.29, 0.717) is 41.3 Å². The maximum atomic E-state index is 11.6. The Labute approximate surface area is 205 Å². The van der Waals surface area contributed by atoms with Gasteiger partial charge in [0.05, 0.1) is 18.3 Å². The number of carbonyl (C=O) groups is 1. The van der Waals surface area contributed by atoms with Gasteiger partial charge in [-0.2, -0.15) is 0 Å². The zero-order valence-corrected chi connectivity index (χ0v) is 22.0. The summed E-state index contributed by atoms with van der Waals surface area (Å²) < 4.78 is 18.8. The Kier molecular flexibility index (Phi) is 5.36. The van der Waals surface area contributed by atoms with Crippen molar-refractivity contribution in [1.29, 1.82) is 0 Å². The molecule has 6 fully saturated rings. The first-order chi connectivity index (χ1) is 16.0. The van der Waals surface area contributed by atoms with Crippen LogP contribution in [-0.4, -0.2) is 41.3 Å². The number of carbonyl (C=O) groups excluding carboxylic acids is 1. The monoisotopic (exact) mass is 474 g/mol. The summed E-state index contributed by atoms with van der Waals surface area (Å²) in [5.74, 6) is 3.38. The first-order valence-corrected chi connectivity index (χ1v) is 14.2. The summed E-state index contributed by atoms with van der Waals surface area (Å²) in [5.41, 5.74) is -0.000356. The third-order valence-electron chi connectivity index (χ3n) is 12.3. The van der Waals surface area contributed by atoms with Crippen LogP contribution in [0.2, 0.25) is 0 Å². The van der Waals surface area contributed by atoms with E-state index in [4.69, 9.17) is 14.2 Å². The van der Waals surface area contributed by atoms with Crippen LogP contribution < -0.4 is 0 Å². The predicted octanol–water partition coefficient (Wildman–Crippen LogP) is 5.48. The molecule has 5 nitrogen and oxygen atoms in total. The SMILES string of the molecule is CC(=O)O[C@@H]1CC[C@@]2(C)[C@H](CC[C@@H]3[C@H]2CC[C@]2(C)[C@@H]4[C@H](C[C@H]32)O[C@]2(CC[C@](C)(O)CO2)[C@H]4C)C1. The third kappa shape index (κ3) is 3.31. The van der Waals surface area contributed by atoms with Crippen molar-refractivity contribution < 1.29 is 24.1 Å². The van der Waals surface area contributed by atoms with Crippen molar-refractivity contribution in [3.8, 4) is 0 Å². The van der Waals surface area contributed by atoms with E-state index in [-0.39, 0.29) is 12.1 Å². The van der Waals surface area contributed by atoms with E-state index in [1.54, 1.807) is 6.92 Å². The van der Waals surface area contributed by atoms with Gasteiger partial charge in [-0.25, -0.2) is 0 Å². The molecule has 4 aliphatic carbocycles. The predicted molar refractivity (Wildman–Crippen MR) is 129 cm³/mol. The first kappa shape index (κ1) is 23.7. The minimum atomic E-state index is -0.723. The molecule has 1 N–H and O–H groups in total. The standard InChI is InChI=1S/C29H46O5/c1-17-25-24(34-29(17)13-12-26(3,31)16-32-29)15-23-21-7-6-19-14-20(33-18(2)30)8-10-27(19,4)22(21)9-11-28(23,25)5/h17,19-25,31H,6-16H2,1-5H3/t17-,19+,20+,21+,22+,23+,24-,25-,26-,27-,28-,29+/m0/s1. The minimum absolute atomic E-state index is 0.120. The molecular formula is C29H46O5. The van der Waals surface area contributed by atoms with E-state index in [0.717, 1.165) is 43.4 Å². The van der Waals surface area contributed by atoms with E-state index in [9.17, 15) is 9.90 Å². The molecule has 0 bridgehead atoms. The topological polar surface area (TPSA) is 65.0 Å². The van der Waals surface area contributed by atoms with Crippen molar-refractivity contribution >= 4 is 5.97 Å². The van der Waals surface area contributed by atoms with Crippen LogP contribution in [0.25, 0.3) is 0 Å². The Morgan fingerprint density at radius 1 is 0.941 bits per heavy atom. The van der Waals surface area contributed by atoms with Crippen LogP contribution in [0, 0.1) is 46.3 Å². The second kappa shape index (κ2) is 7.68. The average molecular weight is 475 g/mol. The normalized spacial score (nSPS) is 58.5. The average Bonchev–Trinajstić information content (AvgIpc) is 3.21. The van der Waals surface area contributed by atoms with Gasteiger partial charge in [-0.15, -0.1) is 0 Å². The Morgan fingerprint density at radius 3 is 2.41 bits per heavy atom. The molecular weight excluding hydrogens is 428 g/mol. The van der Waals surface area contributed by atoms with Crippen LogP contribution in [0.5, 0.6) is 0 Å². The summed E-state index contributed by atoms with van der Waals surface area (Å²) in [6.07, 6.45) is 11.8. The second-order valence-electron chi connectivity index (χ2n) is 14.0. The van der Waals surface area contributed by atoms with Crippen LogP contribution in [0.3, 0.4) is 0 Å². The fourth-order valence-electron chi connectivity index (χ4n) is 10.6. The lowest BCUT2D eigenvalue weighted by Crippen LogP contribution is -2.55. The molecule has 4 saturated carbocycles. The summed E-state index contributed by atoms with van der Waals surface area (Å²) in [6, 6.07) is 0. The highest BCUT2D eigenvalue weighted by Crippen LogP contribution is 2.71. The molecule has 34 heavy (non-hydrogen) atoms. The quantitative estimate of drug-likeness (QED) is 0.510. The highest BCUT2D eigenvalue weighted by Gasteiger charge is 2.69. The molecule has 0 aromatic rings. The highest BCUT2D eigenvalue weighted by atomic mass is 16.7. The largest absolute Gasteiger partial charge is 0.463 e. The second-order valence-corrected chi connectivity index (χ2v) is 14.0. The third-order valence-corrected chi connectivity index (χ3v) is 12.3. The summed E-state index contributed by atoms with van der Waals surface area (Å²) in [4.78, 5) is 11.6. The molecule has 5 heteroatoms. The molecule has 6 aliphatic rings. The van der Waals surface area contributed by atoms with Crippen molar-refractivity contribution in [1.82, 2.24) is 0 Å². The Bertz CT molecular complexity index is 828. The molecule has 0 amide bonds. The van der Waals surface area contributed by atoms with Crippen molar-refractivity contribution in [3.05, 3.63) is 0 Å². The molecule has 0 aromatic carbocycles. The Balaban J connectivity index is 1.20. The molecule has 12 atom stereocenters. The zero-order chi connectivity index (χ0) is 24.1. The van der Waals surface area contributed by atoms with Crippen molar-refractivity contribution in [2.45, 2.75) is 122 Å². The van der Waals surface area contributed by atoms with Crippen molar-refractivity contribution in [3.63, 3.8) is 0 Å². The van der Waals surface area contributed by atoms with Gasteiger partial charge in [-0.1, -0.05) is 20.8 Å². The van der Waals surface area contributed by atoms with E-state index in [1.165, 1.54) is 38.5 Å². The summed E-state index contributed by atoms with van der Waals surface area (Å²) >= 11 is 0. The maximum absolute atomic E-state index is 11.6. The Morgan fingerprint density at radius 2 is 1.71 bits per heavy atom. The lowest BCUT2D eigenvalue weighted by Gasteiger charge is -2.61. The number of hydrogen-bond donors (Lipinski definition) is 1. The van der Waals surface area contributed by atoms with Crippen LogP contribution in [0.15, 0.2) is 0 Å². The molecule has 1 spiro atoms. The van der Waals surface area contributed by atoms with E-state index in [2.05, 4.69) is 20.8 Å². The molecule has 0 aromatic heterocycles.